The molecule has 3 rings (SSSR count). The van der Waals surface area contributed by atoms with E-state index in [0.717, 1.165) is 43.5 Å². The first-order chi connectivity index (χ1) is 12.0. The summed E-state index contributed by atoms with van der Waals surface area (Å²) in [5.74, 6) is 0. The molecule has 1 saturated heterocycles. The molecule has 1 aliphatic carbocycles. The van der Waals surface area contributed by atoms with Gasteiger partial charge in [0.1, 0.15) is 0 Å². The molecular weight excluding hydrogens is 316 g/mol. The van der Waals surface area contributed by atoms with Gasteiger partial charge in [0.15, 0.2) is 0 Å². The molecule has 25 heavy (non-hydrogen) atoms. The fraction of sp³-hybridized carbons (Fsp3) is 0.650. The quantitative estimate of drug-likeness (QED) is 0.839. The van der Waals surface area contributed by atoms with Gasteiger partial charge in [-0.15, -0.1) is 0 Å². The number of nitrogens with one attached hydrogen (secondary N) is 2. The van der Waals surface area contributed by atoms with Crippen LogP contribution in [0, 0.1) is 0 Å². The highest BCUT2D eigenvalue weighted by Crippen LogP contribution is 2.39. The van der Waals surface area contributed by atoms with Crippen molar-refractivity contribution in [3.63, 3.8) is 0 Å². The van der Waals surface area contributed by atoms with Gasteiger partial charge >= 0.3 is 6.03 Å². The Balaban J connectivity index is 1.51. The first kappa shape index (κ1) is 18.2. The molecule has 0 aromatic heterocycles. The van der Waals surface area contributed by atoms with E-state index in [4.69, 9.17) is 9.47 Å². The Hall–Kier alpha value is -1.59. The molecule has 1 aliphatic heterocycles. The largest absolute Gasteiger partial charge is 0.375 e. The smallest absolute Gasteiger partial charge is 0.319 e. The molecule has 138 valence electrons. The Bertz CT molecular complexity index is 582. The van der Waals surface area contributed by atoms with Crippen molar-refractivity contribution >= 4 is 11.7 Å². The van der Waals surface area contributed by atoms with Gasteiger partial charge in [0, 0.05) is 18.3 Å². The molecular formula is C20H30N2O3. The van der Waals surface area contributed by atoms with Crippen LogP contribution in [-0.2, 0) is 16.1 Å². The summed E-state index contributed by atoms with van der Waals surface area (Å²) in [6.45, 7) is 5.32. The third-order valence-electron chi connectivity index (χ3n) is 5.11. The van der Waals surface area contributed by atoms with Crippen molar-refractivity contribution in [3.05, 3.63) is 29.8 Å². The van der Waals surface area contributed by atoms with Crippen LogP contribution < -0.4 is 10.6 Å². The van der Waals surface area contributed by atoms with E-state index < -0.39 is 0 Å². The second kappa shape index (κ2) is 8.19. The number of amides is 2. The number of hydrogen-bond donors (Lipinski definition) is 2. The maximum atomic E-state index is 12.4. The molecule has 2 N–H and O–H groups in total. The van der Waals surface area contributed by atoms with E-state index in [9.17, 15) is 4.79 Å². The van der Waals surface area contributed by atoms with Crippen molar-refractivity contribution < 1.29 is 14.3 Å². The second-order valence-corrected chi connectivity index (χ2v) is 7.59. The van der Waals surface area contributed by atoms with E-state index in [0.29, 0.717) is 6.61 Å². The van der Waals surface area contributed by atoms with E-state index >= 15 is 0 Å². The predicted octanol–water partition coefficient (Wildman–Crippen LogP) is 4.22. The van der Waals surface area contributed by atoms with E-state index in [1.165, 1.54) is 12.8 Å². The third-order valence-corrected chi connectivity index (χ3v) is 5.11. The van der Waals surface area contributed by atoms with Crippen LogP contribution in [0.1, 0.15) is 57.9 Å². The Morgan fingerprint density at radius 1 is 1.36 bits per heavy atom. The van der Waals surface area contributed by atoms with Crippen LogP contribution in [0.15, 0.2) is 24.3 Å². The monoisotopic (exact) mass is 346 g/mol. The molecule has 1 saturated carbocycles. The van der Waals surface area contributed by atoms with Gasteiger partial charge in [-0.1, -0.05) is 25.0 Å². The molecule has 0 bridgehead atoms. The van der Waals surface area contributed by atoms with Gasteiger partial charge in [-0.3, -0.25) is 0 Å². The van der Waals surface area contributed by atoms with Gasteiger partial charge < -0.3 is 20.1 Å². The minimum atomic E-state index is -0.137. The summed E-state index contributed by atoms with van der Waals surface area (Å²) < 4.78 is 11.7. The maximum Gasteiger partial charge on any atom is 0.319 e. The highest BCUT2D eigenvalue weighted by Gasteiger charge is 2.40. The maximum absolute atomic E-state index is 12.4. The molecule has 1 spiro atoms. The fourth-order valence-corrected chi connectivity index (χ4v) is 3.87. The molecule has 2 fully saturated rings. The van der Waals surface area contributed by atoms with Gasteiger partial charge in [0.25, 0.3) is 0 Å². The summed E-state index contributed by atoms with van der Waals surface area (Å²) in [5.41, 5.74) is 1.87. The number of carbonyl (C=O) groups is 1. The van der Waals surface area contributed by atoms with E-state index in [2.05, 4.69) is 10.6 Å². The lowest BCUT2D eigenvalue weighted by atomic mass is 9.89. The minimum Gasteiger partial charge on any atom is -0.375 e. The lowest BCUT2D eigenvalue weighted by Crippen LogP contribution is -2.48. The molecule has 5 nitrogen and oxygen atoms in total. The fourth-order valence-electron chi connectivity index (χ4n) is 3.87. The Kier molecular flexibility index (Phi) is 5.97. The van der Waals surface area contributed by atoms with Crippen molar-refractivity contribution in [1.82, 2.24) is 5.32 Å². The topological polar surface area (TPSA) is 59.6 Å². The van der Waals surface area contributed by atoms with Crippen LogP contribution in [0.2, 0.25) is 0 Å². The second-order valence-electron chi connectivity index (χ2n) is 7.59. The van der Waals surface area contributed by atoms with E-state index in [-0.39, 0.29) is 23.8 Å². The minimum absolute atomic E-state index is 0.0182. The predicted molar refractivity (Wildman–Crippen MR) is 98.7 cm³/mol. The molecule has 1 aromatic carbocycles. The van der Waals surface area contributed by atoms with Crippen LogP contribution in [0.25, 0.3) is 0 Å². The van der Waals surface area contributed by atoms with Crippen molar-refractivity contribution in [2.24, 2.45) is 0 Å². The normalized spacial score (nSPS) is 22.3. The summed E-state index contributed by atoms with van der Waals surface area (Å²) >= 11 is 0. The summed E-state index contributed by atoms with van der Waals surface area (Å²) in [6, 6.07) is 7.87. The van der Waals surface area contributed by atoms with Gasteiger partial charge in [0.05, 0.1) is 18.3 Å². The van der Waals surface area contributed by atoms with Crippen LogP contribution in [-0.4, -0.2) is 30.4 Å². The average molecular weight is 346 g/mol. The highest BCUT2D eigenvalue weighted by molar-refractivity contribution is 5.89. The van der Waals surface area contributed by atoms with Crippen LogP contribution in [0.3, 0.4) is 0 Å². The zero-order valence-electron chi connectivity index (χ0n) is 15.3. The highest BCUT2D eigenvalue weighted by atomic mass is 16.5. The molecule has 1 atom stereocenters. The van der Waals surface area contributed by atoms with Crippen molar-refractivity contribution in [3.8, 4) is 0 Å². The molecule has 0 radical (unpaired) electrons. The zero-order chi connectivity index (χ0) is 17.7. The lowest BCUT2D eigenvalue weighted by Gasteiger charge is -2.38. The first-order valence-corrected chi connectivity index (χ1v) is 9.47. The number of anilines is 1. The molecule has 1 heterocycles. The van der Waals surface area contributed by atoms with Gasteiger partial charge in [-0.05, 0) is 57.2 Å². The lowest BCUT2D eigenvalue weighted by molar-refractivity contribution is -0.0818. The first-order valence-electron chi connectivity index (χ1n) is 9.47. The SMILES string of the molecule is CC(C)OCc1cccc(NC(=O)NC2CCOC3(CCCC3)C2)c1. The number of benzene rings is 1. The van der Waals surface area contributed by atoms with Crippen molar-refractivity contribution in [2.45, 2.75) is 76.7 Å². The van der Waals surface area contributed by atoms with E-state index in [1.54, 1.807) is 0 Å². The summed E-state index contributed by atoms with van der Waals surface area (Å²) in [6.07, 6.45) is 6.75. The number of carbonyl (C=O) groups excluding carboxylic acids is 1. The Morgan fingerprint density at radius 2 is 2.16 bits per heavy atom. The van der Waals surface area contributed by atoms with Crippen LogP contribution in [0.4, 0.5) is 10.5 Å². The Labute approximate surface area is 150 Å². The molecule has 1 aromatic rings. The summed E-state index contributed by atoms with van der Waals surface area (Å²) in [7, 11) is 0. The number of ether oxygens (including phenoxy) is 2. The van der Waals surface area contributed by atoms with Gasteiger partial charge in [-0.25, -0.2) is 4.79 Å². The van der Waals surface area contributed by atoms with Crippen molar-refractivity contribution in [1.29, 1.82) is 0 Å². The summed E-state index contributed by atoms with van der Waals surface area (Å²) in [5, 5.41) is 6.08. The molecule has 5 heteroatoms. The van der Waals surface area contributed by atoms with Gasteiger partial charge in [0.2, 0.25) is 0 Å². The standard InChI is InChI=1S/C20H30N2O3/c1-15(2)24-14-16-6-5-7-17(12-16)21-19(23)22-18-8-11-25-20(13-18)9-3-4-10-20/h5-7,12,15,18H,3-4,8-11,13-14H2,1-2H3,(H2,21,22,23). The summed E-state index contributed by atoms with van der Waals surface area (Å²) in [4.78, 5) is 12.4. The number of urea groups is 1. The number of rotatable bonds is 5. The van der Waals surface area contributed by atoms with Crippen LogP contribution >= 0.6 is 0 Å². The third kappa shape index (κ3) is 5.19. The van der Waals surface area contributed by atoms with E-state index in [1.807, 2.05) is 38.1 Å². The van der Waals surface area contributed by atoms with Crippen molar-refractivity contribution in [2.75, 3.05) is 11.9 Å². The number of hydrogen-bond acceptors (Lipinski definition) is 3. The van der Waals surface area contributed by atoms with Gasteiger partial charge in [-0.2, -0.15) is 0 Å². The molecule has 2 aliphatic rings. The molecule has 1 unspecified atom stereocenters. The average Bonchev–Trinajstić information content (AvgIpc) is 3.01. The molecule has 2 amide bonds. The Morgan fingerprint density at radius 3 is 2.92 bits per heavy atom. The van der Waals surface area contributed by atoms with Crippen LogP contribution in [0.5, 0.6) is 0 Å². The zero-order valence-corrected chi connectivity index (χ0v) is 15.3.